The van der Waals surface area contributed by atoms with Crippen molar-refractivity contribution >= 4 is 15.9 Å². The Labute approximate surface area is 80.8 Å². The quantitative estimate of drug-likeness (QED) is 0.636. The van der Waals surface area contributed by atoms with Crippen LogP contribution in [0.4, 0.5) is 0 Å². The van der Waals surface area contributed by atoms with Crippen LogP contribution in [0.3, 0.4) is 0 Å². The number of nitrogens with two attached hydrogens (primary N) is 1. The van der Waals surface area contributed by atoms with Crippen LogP contribution in [0.2, 0.25) is 0 Å². The van der Waals surface area contributed by atoms with Crippen LogP contribution in [-0.4, -0.2) is 6.61 Å². The third-order valence-electron chi connectivity index (χ3n) is 1.64. The summed E-state index contributed by atoms with van der Waals surface area (Å²) in [4.78, 5) is 4.48. The predicted octanol–water partition coefficient (Wildman–Crippen LogP) is 2.27. The van der Waals surface area contributed by atoms with Gasteiger partial charge in [0.2, 0.25) is 0 Å². The first-order chi connectivity index (χ1) is 5.83. The molecule has 1 aromatic rings. The highest BCUT2D eigenvalue weighted by molar-refractivity contribution is 9.10. The second-order valence-corrected chi connectivity index (χ2v) is 3.52. The summed E-state index contributed by atoms with van der Waals surface area (Å²) in [5, 5.41) is 0. The maximum absolute atomic E-state index is 4.91. The summed E-state index contributed by atoms with van der Waals surface area (Å²) in [5.41, 5.74) is 1.32. The van der Waals surface area contributed by atoms with Crippen molar-refractivity contribution in [2.75, 3.05) is 6.61 Å². The van der Waals surface area contributed by atoms with Crippen molar-refractivity contribution in [1.82, 2.24) is 0 Å². The minimum Gasteiger partial charge on any atom is -0.305 e. The average molecular weight is 230 g/mol. The molecule has 0 spiro atoms. The lowest BCUT2D eigenvalue weighted by Gasteiger charge is -1.99. The Morgan fingerprint density at radius 3 is 2.50 bits per heavy atom. The van der Waals surface area contributed by atoms with E-state index in [2.05, 4.69) is 32.9 Å². The van der Waals surface area contributed by atoms with E-state index in [4.69, 9.17) is 5.90 Å². The van der Waals surface area contributed by atoms with Crippen molar-refractivity contribution < 1.29 is 4.84 Å². The van der Waals surface area contributed by atoms with Gasteiger partial charge in [-0.1, -0.05) is 28.1 Å². The van der Waals surface area contributed by atoms with Crippen LogP contribution < -0.4 is 5.90 Å². The average Bonchev–Trinajstić information content (AvgIpc) is 2.09. The van der Waals surface area contributed by atoms with E-state index >= 15 is 0 Å². The second-order valence-electron chi connectivity index (χ2n) is 2.60. The number of hydrogen-bond donors (Lipinski definition) is 1. The molecule has 3 heteroatoms. The molecular formula is C9H12BrNO. The summed E-state index contributed by atoms with van der Waals surface area (Å²) in [5.74, 6) is 4.91. The van der Waals surface area contributed by atoms with Crippen LogP contribution in [-0.2, 0) is 11.3 Å². The molecule has 0 amide bonds. The maximum Gasteiger partial charge on any atom is 0.0682 e. The number of rotatable bonds is 4. The molecule has 0 aliphatic rings. The number of hydrogen-bond acceptors (Lipinski definition) is 2. The Bertz CT molecular complexity index is 222. The molecule has 0 saturated carbocycles. The molecule has 0 bridgehead atoms. The molecule has 0 radical (unpaired) electrons. The van der Waals surface area contributed by atoms with Crippen LogP contribution in [0.5, 0.6) is 0 Å². The Morgan fingerprint density at radius 1 is 1.25 bits per heavy atom. The van der Waals surface area contributed by atoms with E-state index in [0.29, 0.717) is 6.61 Å². The van der Waals surface area contributed by atoms with Gasteiger partial charge in [0.25, 0.3) is 0 Å². The first kappa shape index (κ1) is 9.71. The van der Waals surface area contributed by atoms with Crippen LogP contribution in [0, 0.1) is 0 Å². The molecule has 0 heterocycles. The predicted molar refractivity (Wildman–Crippen MR) is 52.6 cm³/mol. The Morgan fingerprint density at radius 2 is 1.92 bits per heavy atom. The SMILES string of the molecule is NOCCCc1ccc(Br)cc1. The van der Waals surface area contributed by atoms with Crippen molar-refractivity contribution in [3.05, 3.63) is 34.3 Å². The molecule has 0 atom stereocenters. The van der Waals surface area contributed by atoms with E-state index in [0.717, 1.165) is 17.3 Å². The van der Waals surface area contributed by atoms with Gasteiger partial charge < -0.3 is 4.84 Å². The van der Waals surface area contributed by atoms with Gasteiger partial charge in [-0.25, -0.2) is 5.90 Å². The Hall–Kier alpha value is -0.380. The van der Waals surface area contributed by atoms with Crippen LogP contribution in [0.1, 0.15) is 12.0 Å². The zero-order valence-electron chi connectivity index (χ0n) is 6.79. The van der Waals surface area contributed by atoms with Gasteiger partial charge in [0.15, 0.2) is 0 Å². The van der Waals surface area contributed by atoms with E-state index in [9.17, 15) is 0 Å². The number of halogens is 1. The molecule has 0 unspecified atom stereocenters. The zero-order chi connectivity index (χ0) is 8.81. The van der Waals surface area contributed by atoms with Gasteiger partial charge in [-0.15, -0.1) is 0 Å². The smallest absolute Gasteiger partial charge is 0.0682 e. The third-order valence-corrected chi connectivity index (χ3v) is 2.17. The van der Waals surface area contributed by atoms with Gasteiger partial charge in [-0.3, -0.25) is 0 Å². The highest BCUT2D eigenvalue weighted by atomic mass is 79.9. The molecule has 12 heavy (non-hydrogen) atoms. The minimum atomic E-state index is 0.621. The van der Waals surface area contributed by atoms with Crippen LogP contribution in [0.25, 0.3) is 0 Å². The van der Waals surface area contributed by atoms with Gasteiger partial charge >= 0.3 is 0 Å². The monoisotopic (exact) mass is 229 g/mol. The van der Waals surface area contributed by atoms with Gasteiger partial charge in [0.05, 0.1) is 6.61 Å². The minimum absolute atomic E-state index is 0.621. The molecule has 0 aromatic heterocycles. The molecule has 2 nitrogen and oxygen atoms in total. The molecule has 0 fully saturated rings. The topological polar surface area (TPSA) is 35.2 Å². The van der Waals surface area contributed by atoms with E-state index in [1.807, 2.05) is 12.1 Å². The van der Waals surface area contributed by atoms with Gasteiger partial charge in [0.1, 0.15) is 0 Å². The molecule has 66 valence electrons. The fourth-order valence-corrected chi connectivity index (χ4v) is 1.28. The lowest BCUT2D eigenvalue weighted by Crippen LogP contribution is -2.01. The normalized spacial score (nSPS) is 10.2. The summed E-state index contributed by atoms with van der Waals surface area (Å²) in [6.45, 7) is 0.621. The second kappa shape index (κ2) is 5.30. The summed E-state index contributed by atoms with van der Waals surface area (Å²) < 4.78 is 1.11. The van der Waals surface area contributed by atoms with Gasteiger partial charge in [-0.05, 0) is 30.5 Å². The molecule has 2 N–H and O–H groups in total. The van der Waals surface area contributed by atoms with Gasteiger partial charge in [0, 0.05) is 4.47 Å². The summed E-state index contributed by atoms with van der Waals surface area (Å²) in [6.07, 6.45) is 1.99. The molecule has 0 aliphatic carbocycles. The van der Waals surface area contributed by atoms with Crippen LogP contribution >= 0.6 is 15.9 Å². The lowest BCUT2D eigenvalue weighted by atomic mass is 10.1. The van der Waals surface area contributed by atoms with Crippen molar-refractivity contribution in [2.45, 2.75) is 12.8 Å². The highest BCUT2D eigenvalue weighted by Crippen LogP contribution is 2.11. The molecule has 0 aliphatic heterocycles. The summed E-state index contributed by atoms with van der Waals surface area (Å²) >= 11 is 3.38. The number of benzene rings is 1. The van der Waals surface area contributed by atoms with Crippen molar-refractivity contribution in [3.63, 3.8) is 0 Å². The fraction of sp³-hybridized carbons (Fsp3) is 0.333. The highest BCUT2D eigenvalue weighted by Gasteiger charge is 1.92. The van der Waals surface area contributed by atoms with Crippen molar-refractivity contribution in [1.29, 1.82) is 0 Å². The Balaban J connectivity index is 2.37. The van der Waals surface area contributed by atoms with E-state index < -0.39 is 0 Å². The van der Waals surface area contributed by atoms with Gasteiger partial charge in [-0.2, -0.15) is 0 Å². The van der Waals surface area contributed by atoms with Crippen molar-refractivity contribution in [2.24, 2.45) is 5.90 Å². The first-order valence-electron chi connectivity index (χ1n) is 3.89. The van der Waals surface area contributed by atoms with Crippen molar-refractivity contribution in [3.8, 4) is 0 Å². The number of aryl methyl sites for hydroxylation is 1. The van der Waals surface area contributed by atoms with Crippen LogP contribution in [0.15, 0.2) is 28.7 Å². The summed E-state index contributed by atoms with van der Waals surface area (Å²) in [7, 11) is 0. The van der Waals surface area contributed by atoms with E-state index in [1.54, 1.807) is 0 Å². The first-order valence-corrected chi connectivity index (χ1v) is 4.68. The maximum atomic E-state index is 4.91. The Kier molecular flexibility index (Phi) is 4.29. The fourth-order valence-electron chi connectivity index (χ4n) is 1.01. The summed E-state index contributed by atoms with van der Waals surface area (Å²) in [6, 6.07) is 8.28. The van der Waals surface area contributed by atoms with E-state index in [1.165, 1.54) is 5.56 Å². The molecular weight excluding hydrogens is 218 g/mol. The lowest BCUT2D eigenvalue weighted by molar-refractivity contribution is 0.135. The largest absolute Gasteiger partial charge is 0.305 e. The van der Waals surface area contributed by atoms with E-state index in [-0.39, 0.29) is 0 Å². The zero-order valence-corrected chi connectivity index (χ0v) is 8.38. The standard InChI is InChI=1S/C9H12BrNO/c10-9-5-3-8(4-6-9)2-1-7-12-11/h3-6H,1-2,7,11H2. The molecule has 1 rings (SSSR count). The molecule has 1 aromatic carbocycles. The third kappa shape index (κ3) is 3.34. The molecule has 0 saturated heterocycles.